The number of sulfonamides is 1. The summed E-state index contributed by atoms with van der Waals surface area (Å²) in [4.78, 5) is 31.2. The third kappa shape index (κ3) is 5.12. The van der Waals surface area contributed by atoms with Crippen LogP contribution in [-0.2, 0) is 26.2 Å². The van der Waals surface area contributed by atoms with Crippen molar-refractivity contribution in [3.8, 4) is 0 Å². The molecule has 3 atom stereocenters. The van der Waals surface area contributed by atoms with E-state index < -0.39 is 22.1 Å². The van der Waals surface area contributed by atoms with Crippen molar-refractivity contribution >= 4 is 39.1 Å². The molecular weight excluding hydrogens is 488 g/mol. The lowest BCUT2D eigenvalue weighted by Gasteiger charge is -2.41. The molecule has 2 aliphatic rings. The molecule has 10 heteroatoms. The number of halogens is 1. The SMILES string of the molecule is C=C(C)C1CN(Cc2ccccn2)C(=O)C2CCCC1N2S(=O)(=O)c1ccc(NC(C)=O)c(Cl)c1. The summed E-state index contributed by atoms with van der Waals surface area (Å²) >= 11 is 6.30. The van der Waals surface area contributed by atoms with E-state index in [0.717, 1.165) is 17.7 Å². The minimum atomic E-state index is -4.08. The van der Waals surface area contributed by atoms with Gasteiger partial charge in [-0.2, -0.15) is 4.31 Å². The highest BCUT2D eigenvalue weighted by Crippen LogP contribution is 2.40. The molecule has 2 saturated heterocycles. The second-order valence-corrected chi connectivity index (χ2v) is 11.4. The highest BCUT2D eigenvalue weighted by Gasteiger charge is 2.50. The van der Waals surface area contributed by atoms with Crippen molar-refractivity contribution in [3.63, 3.8) is 0 Å². The van der Waals surface area contributed by atoms with Crippen molar-refractivity contribution < 1.29 is 18.0 Å². The van der Waals surface area contributed by atoms with Gasteiger partial charge in [0.1, 0.15) is 6.04 Å². The lowest BCUT2D eigenvalue weighted by molar-refractivity contribution is -0.135. The molecule has 3 unspecified atom stereocenters. The number of amides is 2. The number of carbonyl (C=O) groups excluding carboxylic acids is 2. The molecule has 0 aliphatic carbocycles. The molecule has 4 rings (SSSR count). The highest BCUT2D eigenvalue weighted by molar-refractivity contribution is 7.89. The van der Waals surface area contributed by atoms with Crippen molar-refractivity contribution in [1.82, 2.24) is 14.2 Å². The molecule has 1 N–H and O–H groups in total. The van der Waals surface area contributed by atoms with Gasteiger partial charge in [-0.3, -0.25) is 14.6 Å². The van der Waals surface area contributed by atoms with Crippen LogP contribution in [0.4, 0.5) is 5.69 Å². The molecule has 2 aliphatic heterocycles. The Balaban J connectivity index is 1.75. The molecular formula is C25H29ClN4O4S. The molecule has 2 aromatic rings. The third-order valence-electron chi connectivity index (χ3n) is 6.63. The van der Waals surface area contributed by atoms with Gasteiger partial charge >= 0.3 is 0 Å². The average molecular weight is 517 g/mol. The van der Waals surface area contributed by atoms with Gasteiger partial charge in [0, 0.05) is 31.6 Å². The summed E-state index contributed by atoms with van der Waals surface area (Å²) in [6, 6.07) is 8.53. The van der Waals surface area contributed by atoms with Gasteiger partial charge in [0.25, 0.3) is 0 Å². The molecule has 186 valence electrons. The summed E-state index contributed by atoms with van der Waals surface area (Å²) in [7, 11) is -4.08. The van der Waals surface area contributed by atoms with Gasteiger partial charge in [-0.25, -0.2) is 8.42 Å². The Morgan fingerprint density at radius 3 is 2.63 bits per heavy atom. The van der Waals surface area contributed by atoms with Gasteiger partial charge in [-0.1, -0.05) is 29.8 Å². The minimum absolute atomic E-state index is 0.0139. The maximum Gasteiger partial charge on any atom is 0.244 e. The zero-order valence-corrected chi connectivity index (χ0v) is 21.3. The van der Waals surface area contributed by atoms with Crippen LogP contribution in [0.15, 0.2) is 59.6 Å². The predicted molar refractivity (Wildman–Crippen MR) is 134 cm³/mol. The Labute approximate surface area is 211 Å². The van der Waals surface area contributed by atoms with Crippen LogP contribution in [0, 0.1) is 5.92 Å². The summed E-state index contributed by atoms with van der Waals surface area (Å²) in [6.07, 6.45) is 3.50. The molecule has 0 radical (unpaired) electrons. The summed E-state index contributed by atoms with van der Waals surface area (Å²) in [5.74, 6) is -0.766. The van der Waals surface area contributed by atoms with Crippen LogP contribution in [0.1, 0.15) is 38.8 Å². The Kier molecular flexibility index (Phi) is 7.30. The van der Waals surface area contributed by atoms with Crippen molar-refractivity contribution in [1.29, 1.82) is 0 Å². The maximum atomic E-state index is 14.0. The lowest BCUT2D eigenvalue weighted by atomic mass is 9.86. The maximum absolute atomic E-state index is 14.0. The number of fused-ring (bicyclic) bond motifs is 2. The van der Waals surface area contributed by atoms with Crippen LogP contribution in [-0.4, -0.2) is 53.0 Å². The Morgan fingerprint density at radius 2 is 2.00 bits per heavy atom. The third-order valence-corrected chi connectivity index (χ3v) is 8.87. The summed E-state index contributed by atoms with van der Waals surface area (Å²) in [6.45, 7) is 8.05. The summed E-state index contributed by atoms with van der Waals surface area (Å²) in [5, 5.41) is 2.69. The zero-order chi connectivity index (χ0) is 25.3. The summed E-state index contributed by atoms with van der Waals surface area (Å²) in [5.41, 5.74) is 1.90. The van der Waals surface area contributed by atoms with Gasteiger partial charge in [0.15, 0.2) is 0 Å². The van der Waals surface area contributed by atoms with E-state index in [1.807, 2.05) is 25.1 Å². The van der Waals surface area contributed by atoms with Gasteiger partial charge in [-0.15, -0.1) is 0 Å². The normalized spacial score (nSPS) is 23.0. The largest absolute Gasteiger partial charge is 0.335 e. The van der Waals surface area contributed by atoms with E-state index in [1.54, 1.807) is 11.1 Å². The number of carbonyl (C=O) groups is 2. The molecule has 2 amide bonds. The second-order valence-electron chi connectivity index (χ2n) is 9.16. The highest BCUT2D eigenvalue weighted by atomic mass is 35.5. The fourth-order valence-corrected chi connectivity index (χ4v) is 7.19. The number of nitrogens with one attached hydrogen (secondary N) is 1. The summed E-state index contributed by atoms with van der Waals surface area (Å²) < 4.78 is 29.4. The van der Waals surface area contributed by atoms with Gasteiger partial charge < -0.3 is 10.2 Å². The first kappa shape index (κ1) is 25.3. The van der Waals surface area contributed by atoms with Crippen LogP contribution in [0.5, 0.6) is 0 Å². The quantitative estimate of drug-likeness (QED) is 0.588. The number of rotatable bonds is 6. The number of pyridine rings is 1. The monoisotopic (exact) mass is 516 g/mol. The molecule has 3 heterocycles. The van der Waals surface area contributed by atoms with Gasteiger partial charge in [0.05, 0.1) is 27.8 Å². The topological polar surface area (TPSA) is 99.7 Å². The molecule has 1 aromatic heterocycles. The van der Waals surface area contributed by atoms with Crippen LogP contribution >= 0.6 is 11.6 Å². The van der Waals surface area contributed by atoms with Crippen molar-refractivity contribution in [2.45, 2.75) is 56.6 Å². The van der Waals surface area contributed by atoms with E-state index >= 15 is 0 Å². The molecule has 2 bridgehead atoms. The van der Waals surface area contributed by atoms with E-state index in [-0.39, 0.29) is 27.7 Å². The zero-order valence-electron chi connectivity index (χ0n) is 19.8. The van der Waals surface area contributed by atoms with Gasteiger partial charge in [-0.05, 0) is 56.5 Å². The Morgan fingerprint density at radius 1 is 1.23 bits per heavy atom. The number of nitrogens with zero attached hydrogens (tertiary/aromatic N) is 3. The van der Waals surface area contributed by atoms with Crippen molar-refractivity contribution in [3.05, 3.63) is 65.5 Å². The first-order valence-electron chi connectivity index (χ1n) is 11.5. The van der Waals surface area contributed by atoms with Crippen LogP contribution in [0.2, 0.25) is 5.02 Å². The average Bonchev–Trinajstić information content (AvgIpc) is 2.88. The van der Waals surface area contributed by atoms with Crippen LogP contribution in [0.3, 0.4) is 0 Å². The minimum Gasteiger partial charge on any atom is -0.335 e. The number of hydrogen-bond donors (Lipinski definition) is 1. The standard InChI is InChI=1S/C25H29ClN4O4S/c1-16(2)20-15-29(14-18-7-4-5-12-27-18)25(32)24-9-6-8-23(20)30(24)35(33,34)19-10-11-22(21(26)13-19)28-17(3)31/h4-5,7,10-13,20,23-24H,1,6,8-9,14-15H2,2-3H3,(H,28,31). The number of anilines is 1. The van der Waals surface area contributed by atoms with E-state index in [1.165, 1.54) is 29.4 Å². The lowest BCUT2D eigenvalue weighted by Crippen LogP contribution is -2.54. The molecule has 0 spiro atoms. The molecule has 1 aromatic carbocycles. The molecule has 2 fully saturated rings. The van der Waals surface area contributed by atoms with E-state index in [4.69, 9.17) is 11.6 Å². The van der Waals surface area contributed by atoms with Crippen molar-refractivity contribution in [2.24, 2.45) is 5.92 Å². The first-order valence-corrected chi connectivity index (χ1v) is 13.4. The number of hydrogen-bond acceptors (Lipinski definition) is 5. The van der Waals surface area contributed by atoms with Crippen LogP contribution in [0.25, 0.3) is 0 Å². The second kappa shape index (κ2) is 10.1. The van der Waals surface area contributed by atoms with E-state index in [9.17, 15) is 18.0 Å². The number of aromatic nitrogens is 1. The fraction of sp³-hybridized carbons (Fsp3) is 0.400. The van der Waals surface area contributed by atoms with Crippen LogP contribution < -0.4 is 5.32 Å². The van der Waals surface area contributed by atoms with E-state index in [2.05, 4.69) is 16.9 Å². The Bertz CT molecular complexity index is 1250. The predicted octanol–water partition coefficient (Wildman–Crippen LogP) is 3.84. The number of benzene rings is 1. The van der Waals surface area contributed by atoms with Crippen molar-refractivity contribution in [2.75, 3.05) is 11.9 Å². The smallest absolute Gasteiger partial charge is 0.244 e. The molecule has 0 saturated carbocycles. The number of piperidine rings is 1. The van der Waals surface area contributed by atoms with E-state index in [0.29, 0.717) is 31.6 Å². The van der Waals surface area contributed by atoms with Gasteiger partial charge in [0.2, 0.25) is 21.8 Å². The molecule has 35 heavy (non-hydrogen) atoms. The fourth-order valence-electron chi connectivity index (χ4n) is 5.01. The Hall–Kier alpha value is -2.75. The molecule has 8 nitrogen and oxygen atoms in total. The first-order chi connectivity index (χ1) is 16.6.